The van der Waals surface area contributed by atoms with Gasteiger partial charge in [-0.2, -0.15) is 0 Å². The number of fused-ring (bicyclic) bond motifs is 1. The lowest BCUT2D eigenvalue weighted by molar-refractivity contribution is 0.209. The molecule has 0 spiro atoms. The van der Waals surface area contributed by atoms with Gasteiger partial charge in [0.1, 0.15) is 17.7 Å². The Bertz CT molecular complexity index is 580. The van der Waals surface area contributed by atoms with Gasteiger partial charge < -0.3 is 10.1 Å². The summed E-state index contributed by atoms with van der Waals surface area (Å²) in [7, 11) is 0. The van der Waals surface area contributed by atoms with Crippen LogP contribution in [0.1, 0.15) is 24.2 Å². The molecule has 0 amide bonds. The molecular weight excluding hydrogens is 241 g/mol. The number of hydrogen-bond donors (Lipinski definition) is 1. The summed E-state index contributed by atoms with van der Waals surface area (Å²) in [6, 6.07) is 13.0. The molecular formula is C16H16FNO. The number of halogens is 1. The normalized spacial score (nSPS) is 17.3. The van der Waals surface area contributed by atoms with E-state index in [1.807, 2.05) is 0 Å². The van der Waals surface area contributed by atoms with Crippen LogP contribution in [0.15, 0.2) is 42.5 Å². The van der Waals surface area contributed by atoms with Crippen LogP contribution in [0, 0.1) is 5.82 Å². The maximum Gasteiger partial charge on any atom is 0.146 e. The van der Waals surface area contributed by atoms with Crippen molar-refractivity contribution in [3.63, 3.8) is 0 Å². The molecule has 1 atom stereocenters. The summed E-state index contributed by atoms with van der Waals surface area (Å²) in [5, 5.41) is 3.28. The fourth-order valence-electron chi connectivity index (χ4n) is 2.29. The van der Waals surface area contributed by atoms with E-state index in [2.05, 4.69) is 36.5 Å². The summed E-state index contributed by atoms with van der Waals surface area (Å²) in [4.78, 5) is 0. The van der Waals surface area contributed by atoms with Crippen molar-refractivity contribution < 1.29 is 9.13 Å². The Labute approximate surface area is 112 Å². The van der Waals surface area contributed by atoms with E-state index in [0.29, 0.717) is 12.3 Å². The molecule has 0 fully saturated rings. The summed E-state index contributed by atoms with van der Waals surface area (Å²) >= 11 is 0. The number of anilines is 1. The zero-order chi connectivity index (χ0) is 13.2. The predicted octanol–water partition coefficient (Wildman–Crippen LogP) is 3.93. The number of aryl methyl sites for hydroxylation is 1. The second-order valence-electron chi connectivity index (χ2n) is 4.72. The molecule has 0 saturated carbocycles. The lowest BCUT2D eigenvalue weighted by Gasteiger charge is -2.27. The summed E-state index contributed by atoms with van der Waals surface area (Å²) < 4.78 is 19.1. The molecule has 0 aromatic heterocycles. The number of ether oxygens (including phenoxy) is 1. The van der Waals surface area contributed by atoms with Gasteiger partial charge in [0.25, 0.3) is 0 Å². The van der Waals surface area contributed by atoms with Crippen LogP contribution in [0.25, 0.3) is 0 Å². The van der Waals surface area contributed by atoms with Gasteiger partial charge in [0.2, 0.25) is 0 Å². The predicted molar refractivity (Wildman–Crippen MR) is 74.1 cm³/mol. The number of nitrogens with one attached hydrogen (secondary N) is 1. The third kappa shape index (κ3) is 2.41. The maximum absolute atomic E-state index is 13.2. The standard InChI is InChI=1S/C16H16FNO/c1-2-11-3-5-12(6-4-11)16-10-18-14-8-7-13(17)9-15(14)19-16/h3-9,16,18H,2,10H2,1H3. The topological polar surface area (TPSA) is 21.3 Å². The third-order valence-electron chi connectivity index (χ3n) is 3.45. The molecule has 0 radical (unpaired) electrons. The Kier molecular flexibility index (Phi) is 3.11. The van der Waals surface area contributed by atoms with Crippen molar-refractivity contribution in [2.24, 2.45) is 0 Å². The Morgan fingerprint density at radius 3 is 2.74 bits per heavy atom. The molecule has 1 heterocycles. The van der Waals surface area contributed by atoms with Crippen molar-refractivity contribution in [2.75, 3.05) is 11.9 Å². The molecule has 0 bridgehead atoms. The fraction of sp³-hybridized carbons (Fsp3) is 0.250. The summed E-state index contributed by atoms with van der Waals surface area (Å²) in [6.07, 6.45) is 0.957. The number of benzene rings is 2. The van der Waals surface area contributed by atoms with Crippen LogP contribution in [0.2, 0.25) is 0 Å². The summed E-state index contributed by atoms with van der Waals surface area (Å²) in [5.41, 5.74) is 3.27. The van der Waals surface area contributed by atoms with Crippen molar-refractivity contribution in [3.05, 3.63) is 59.4 Å². The first kappa shape index (κ1) is 12.0. The molecule has 1 aliphatic rings. The van der Waals surface area contributed by atoms with Gasteiger partial charge in [-0.15, -0.1) is 0 Å². The van der Waals surface area contributed by atoms with Gasteiger partial charge in [-0.3, -0.25) is 0 Å². The average Bonchev–Trinajstić information content (AvgIpc) is 2.46. The molecule has 98 valence electrons. The van der Waals surface area contributed by atoms with Crippen molar-refractivity contribution in [1.82, 2.24) is 0 Å². The quantitative estimate of drug-likeness (QED) is 0.880. The van der Waals surface area contributed by atoms with Crippen LogP contribution < -0.4 is 10.1 Å². The second-order valence-corrected chi connectivity index (χ2v) is 4.72. The molecule has 19 heavy (non-hydrogen) atoms. The molecule has 2 aromatic rings. The zero-order valence-corrected chi connectivity index (χ0v) is 10.8. The van der Waals surface area contributed by atoms with Gasteiger partial charge in [-0.05, 0) is 29.7 Å². The average molecular weight is 257 g/mol. The molecule has 2 nitrogen and oxygen atoms in total. The van der Waals surface area contributed by atoms with E-state index < -0.39 is 0 Å². The first-order chi connectivity index (χ1) is 9.26. The van der Waals surface area contributed by atoms with Crippen LogP contribution in [0.4, 0.5) is 10.1 Å². The van der Waals surface area contributed by atoms with Crippen LogP contribution in [0.3, 0.4) is 0 Å². The zero-order valence-electron chi connectivity index (χ0n) is 10.8. The van der Waals surface area contributed by atoms with E-state index in [1.54, 1.807) is 6.07 Å². The Hall–Kier alpha value is -2.03. The Morgan fingerprint density at radius 2 is 2.00 bits per heavy atom. The minimum atomic E-state index is -0.275. The molecule has 0 saturated heterocycles. The Morgan fingerprint density at radius 1 is 1.21 bits per heavy atom. The summed E-state index contributed by atoms with van der Waals surface area (Å²) in [5.74, 6) is 0.304. The molecule has 3 rings (SSSR count). The molecule has 1 aliphatic heterocycles. The van der Waals surface area contributed by atoms with Crippen molar-refractivity contribution >= 4 is 5.69 Å². The molecule has 3 heteroatoms. The van der Waals surface area contributed by atoms with E-state index in [-0.39, 0.29) is 11.9 Å². The minimum Gasteiger partial charge on any atom is -0.482 e. The second kappa shape index (κ2) is 4.92. The highest BCUT2D eigenvalue weighted by molar-refractivity contribution is 5.58. The maximum atomic E-state index is 13.2. The van der Waals surface area contributed by atoms with E-state index in [9.17, 15) is 4.39 Å². The van der Waals surface area contributed by atoms with E-state index in [1.165, 1.54) is 17.7 Å². The summed E-state index contributed by atoms with van der Waals surface area (Å²) in [6.45, 7) is 2.83. The van der Waals surface area contributed by atoms with Crippen molar-refractivity contribution in [2.45, 2.75) is 19.4 Å². The van der Waals surface area contributed by atoms with Gasteiger partial charge in [-0.1, -0.05) is 31.2 Å². The molecule has 1 unspecified atom stereocenters. The van der Waals surface area contributed by atoms with Gasteiger partial charge >= 0.3 is 0 Å². The van der Waals surface area contributed by atoms with Gasteiger partial charge in [0.05, 0.1) is 12.2 Å². The first-order valence-corrected chi connectivity index (χ1v) is 6.55. The highest BCUT2D eigenvalue weighted by Crippen LogP contribution is 2.34. The number of rotatable bonds is 2. The molecule has 1 N–H and O–H groups in total. The van der Waals surface area contributed by atoms with Gasteiger partial charge in [0.15, 0.2) is 0 Å². The fourth-order valence-corrected chi connectivity index (χ4v) is 2.29. The van der Waals surface area contributed by atoms with Crippen LogP contribution in [0.5, 0.6) is 5.75 Å². The number of hydrogen-bond acceptors (Lipinski definition) is 2. The van der Waals surface area contributed by atoms with Crippen LogP contribution in [-0.2, 0) is 6.42 Å². The van der Waals surface area contributed by atoms with Gasteiger partial charge in [-0.25, -0.2) is 4.39 Å². The minimum absolute atomic E-state index is 0.0693. The lowest BCUT2D eigenvalue weighted by Crippen LogP contribution is -2.23. The highest BCUT2D eigenvalue weighted by Gasteiger charge is 2.21. The SMILES string of the molecule is CCc1ccc(C2CNc3ccc(F)cc3O2)cc1. The lowest BCUT2D eigenvalue weighted by atomic mass is 10.0. The van der Waals surface area contributed by atoms with Crippen LogP contribution >= 0.6 is 0 Å². The largest absolute Gasteiger partial charge is 0.482 e. The van der Waals surface area contributed by atoms with Crippen LogP contribution in [-0.4, -0.2) is 6.54 Å². The van der Waals surface area contributed by atoms with Crippen molar-refractivity contribution in [3.8, 4) is 5.75 Å². The smallest absolute Gasteiger partial charge is 0.146 e. The van der Waals surface area contributed by atoms with Crippen molar-refractivity contribution in [1.29, 1.82) is 0 Å². The first-order valence-electron chi connectivity index (χ1n) is 6.55. The van der Waals surface area contributed by atoms with Gasteiger partial charge in [0, 0.05) is 6.07 Å². The highest BCUT2D eigenvalue weighted by atomic mass is 19.1. The molecule has 0 aliphatic carbocycles. The Balaban J connectivity index is 1.84. The van der Waals surface area contributed by atoms with E-state index >= 15 is 0 Å². The molecule has 2 aromatic carbocycles. The van der Waals surface area contributed by atoms with E-state index in [4.69, 9.17) is 4.74 Å². The van der Waals surface area contributed by atoms with E-state index in [0.717, 1.165) is 17.7 Å². The third-order valence-corrected chi connectivity index (χ3v) is 3.45. The monoisotopic (exact) mass is 257 g/mol.